The number of benzene rings is 2. The first-order chi connectivity index (χ1) is 14.1. The van der Waals surface area contributed by atoms with Gasteiger partial charge in [-0.15, -0.1) is 0 Å². The van der Waals surface area contributed by atoms with Crippen molar-refractivity contribution in [1.29, 1.82) is 0 Å². The summed E-state index contributed by atoms with van der Waals surface area (Å²) < 4.78 is 8.51. The largest absolute Gasteiger partial charge is 0.383 e. The Kier molecular flexibility index (Phi) is 5.87. The monoisotopic (exact) mass is 456 g/mol. The number of rotatable bonds is 5. The van der Waals surface area contributed by atoms with Gasteiger partial charge in [-0.25, -0.2) is 4.98 Å². The van der Waals surface area contributed by atoms with Gasteiger partial charge in [0.1, 0.15) is 11.8 Å². The molecule has 7 heteroatoms. The number of carbonyl (C=O) groups is 1. The first kappa shape index (κ1) is 19.9. The SMILES string of the molecule is CNC(=O)c1ccc(-n2cnc3c(NCC4CCOCC4)cc(Br)cc32)cc1C. The summed E-state index contributed by atoms with van der Waals surface area (Å²) in [4.78, 5) is 16.7. The highest BCUT2D eigenvalue weighted by Crippen LogP contribution is 2.30. The highest BCUT2D eigenvalue weighted by molar-refractivity contribution is 9.10. The molecule has 0 unspecified atom stereocenters. The summed E-state index contributed by atoms with van der Waals surface area (Å²) in [6.07, 6.45) is 4.02. The highest BCUT2D eigenvalue weighted by atomic mass is 79.9. The predicted molar refractivity (Wildman–Crippen MR) is 119 cm³/mol. The van der Waals surface area contributed by atoms with E-state index in [9.17, 15) is 4.79 Å². The molecule has 0 bridgehead atoms. The van der Waals surface area contributed by atoms with Crippen molar-refractivity contribution in [3.8, 4) is 5.69 Å². The van der Waals surface area contributed by atoms with E-state index in [1.165, 1.54) is 0 Å². The molecule has 1 aliphatic rings. The molecule has 152 valence electrons. The first-order valence-corrected chi connectivity index (χ1v) is 10.7. The van der Waals surface area contributed by atoms with Crippen LogP contribution in [0.1, 0.15) is 28.8 Å². The van der Waals surface area contributed by atoms with Crippen LogP contribution < -0.4 is 10.6 Å². The standard InChI is InChI=1S/C22H25BrN4O2/c1-14-9-17(3-4-18(14)22(28)24-2)27-13-26-21-19(10-16(23)11-20(21)27)25-12-15-5-7-29-8-6-15/h3-4,9-11,13,15,25H,5-8,12H2,1-2H3,(H,24,28). The van der Waals surface area contributed by atoms with E-state index in [1.54, 1.807) is 7.05 Å². The van der Waals surface area contributed by atoms with Gasteiger partial charge in [-0.1, -0.05) is 15.9 Å². The molecule has 29 heavy (non-hydrogen) atoms. The molecule has 1 amide bonds. The third-order valence-corrected chi connectivity index (χ3v) is 5.96. The zero-order chi connectivity index (χ0) is 20.4. The Morgan fingerprint density at radius 3 is 2.79 bits per heavy atom. The number of nitrogens with one attached hydrogen (secondary N) is 2. The van der Waals surface area contributed by atoms with Gasteiger partial charge in [-0.05, 0) is 61.6 Å². The van der Waals surface area contributed by atoms with Crippen molar-refractivity contribution in [2.75, 3.05) is 32.1 Å². The molecule has 0 atom stereocenters. The van der Waals surface area contributed by atoms with Crippen LogP contribution in [-0.2, 0) is 4.74 Å². The average Bonchev–Trinajstić information content (AvgIpc) is 3.16. The zero-order valence-electron chi connectivity index (χ0n) is 16.7. The number of anilines is 1. The maximum absolute atomic E-state index is 12.0. The Morgan fingerprint density at radius 2 is 2.07 bits per heavy atom. The van der Waals surface area contributed by atoms with Gasteiger partial charge in [0, 0.05) is 42.5 Å². The molecular weight excluding hydrogens is 432 g/mol. The Hall–Kier alpha value is -2.38. The van der Waals surface area contributed by atoms with E-state index < -0.39 is 0 Å². The van der Waals surface area contributed by atoms with E-state index in [2.05, 4.69) is 48.2 Å². The van der Waals surface area contributed by atoms with Gasteiger partial charge >= 0.3 is 0 Å². The number of aromatic nitrogens is 2. The van der Waals surface area contributed by atoms with Crippen LogP contribution in [0.4, 0.5) is 5.69 Å². The number of amides is 1. The lowest BCUT2D eigenvalue weighted by Gasteiger charge is -2.22. The van der Waals surface area contributed by atoms with Crippen molar-refractivity contribution >= 4 is 38.6 Å². The van der Waals surface area contributed by atoms with Crippen molar-refractivity contribution < 1.29 is 9.53 Å². The predicted octanol–water partition coefficient (Wildman–Crippen LogP) is 4.29. The van der Waals surface area contributed by atoms with Gasteiger partial charge in [0.2, 0.25) is 0 Å². The maximum Gasteiger partial charge on any atom is 0.251 e. The fourth-order valence-electron chi connectivity index (χ4n) is 3.81. The molecule has 1 fully saturated rings. The maximum atomic E-state index is 12.0. The molecule has 0 aliphatic carbocycles. The summed E-state index contributed by atoms with van der Waals surface area (Å²) in [5, 5.41) is 6.27. The number of aryl methyl sites for hydroxylation is 1. The van der Waals surface area contributed by atoms with Crippen LogP contribution in [0.15, 0.2) is 41.1 Å². The average molecular weight is 457 g/mol. The molecule has 2 N–H and O–H groups in total. The summed E-state index contributed by atoms with van der Waals surface area (Å²) in [5.41, 5.74) is 5.57. The summed E-state index contributed by atoms with van der Waals surface area (Å²) in [6, 6.07) is 9.98. The van der Waals surface area contributed by atoms with Crippen molar-refractivity contribution in [3.05, 3.63) is 52.3 Å². The molecule has 1 aromatic heterocycles. The number of carbonyl (C=O) groups excluding carboxylic acids is 1. The summed E-state index contributed by atoms with van der Waals surface area (Å²) in [7, 11) is 1.64. The highest BCUT2D eigenvalue weighted by Gasteiger charge is 2.16. The van der Waals surface area contributed by atoms with Crippen LogP contribution in [0.2, 0.25) is 0 Å². The summed E-state index contributed by atoms with van der Waals surface area (Å²) in [5.74, 6) is 0.548. The van der Waals surface area contributed by atoms with E-state index in [1.807, 2.05) is 31.5 Å². The Morgan fingerprint density at radius 1 is 1.28 bits per heavy atom. The van der Waals surface area contributed by atoms with E-state index in [4.69, 9.17) is 4.74 Å². The number of hydrogen-bond donors (Lipinski definition) is 2. The van der Waals surface area contributed by atoms with Gasteiger partial charge in [0.15, 0.2) is 0 Å². The molecular formula is C22H25BrN4O2. The fraction of sp³-hybridized carbons (Fsp3) is 0.364. The molecule has 2 aromatic carbocycles. The molecule has 4 rings (SSSR count). The van der Waals surface area contributed by atoms with Gasteiger partial charge in [0.05, 0.1) is 11.2 Å². The Labute approximate surface area is 178 Å². The molecule has 2 heterocycles. The number of imidazole rings is 1. The Bertz CT molecular complexity index is 1040. The summed E-state index contributed by atoms with van der Waals surface area (Å²) >= 11 is 3.64. The molecule has 1 aliphatic heterocycles. The fourth-order valence-corrected chi connectivity index (χ4v) is 4.26. The molecule has 0 spiro atoms. The third-order valence-electron chi connectivity index (χ3n) is 5.50. The topological polar surface area (TPSA) is 68.2 Å². The third kappa shape index (κ3) is 4.16. The van der Waals surface area contributed by atoms with Crippen molar-refractivity contribution in [2.24, 2.45) is 5.92 Å². The number of hydrogen-bond acceptors (Lipinski definition) is 4. The van der Waals surface area contributed by atoms with E-state index in [-0.39, 0.29) is 5.91 Å². The lowest BCUT2D eigenvalue weighted by atomic mass is 10.0. The van der Waals surface area contributed by atoms with Crippen molar-refractivity contribution in [2.45, 2.75) is 19.8 Å². The smallest absolute Gasteiger partial charge is 0.251 e. The van der Waals surface area contributed by atoms with E-state index in [0.717, 1.165) is 65.0 Å². The van der Waals surface area contributed by atoms with Crippen molar-refractivity contribution in [1.82, 2.24) is 14.9 Å². The van der Waals surface area contributed by atoms with Crippen LogP contribution in [0.25, 0.3) is 16.7 Å². The van der Waals surface area contributed by atoms with Crippen molar-refractivity contribution in [3.63, 3.8) is 0 Å². The lowest BCUT2D eigenvalue weighted by Crippen LogP contribution is -2.22. The van der Waals surface area contributed by atoms with Gasteiger partial charge in [-0.3, -0.25) is 9.36 Å². The van der Waals surface area contributed by atoms with E-state index >= 15 is 0 Å². The Balaban J connectivity index is 1.65. The van der Waals surface area contributed by atoms with Crippen LogP contribution in [0.3, 0.4) is 0 Å². The normalized spacial score (nSPS) is 14.9. The molecule has 0 radical (unpaired) electrons. The van der Waals surface area contributed by atoms with Gasteiger partial charge in [-0.2, -0.15) is 0 Å². The number of halogens is 1. The molecule has 1 saturated heterocycles. The number of nitrogens with zero attached hydrogens (tertiary/aromatic N) is 2. The second kappa shape index (κ2) is 8.55. The number of fused-ring (bicyclic) bond motifs is 1. The van der Waals surface area contributed by atoms with E-state index in [0.29, 0.717) is 11.5 Å². The van der Waals surface area contributed by atoms with Crippen LogP contribution in [0, 0.1) is 12.8 Å². The number of ether oxygens (including phenoxy) is 1. The molecule has 0 saturated carbocycles. The second-order valence-electron chi connectivity index (χ2n) is 7.45. The van der Waals surface area contributed by atoms with Gasteiger partial charge < -0.3 is 15.4 Å². The molecule has 6 nitrogen and oxygen atoms in total. The van der Waals surface area contributed by atoms with Crippen LogP contribution in [-0.4, -0.2) is 42.3 Å². The summed E-state index contributed by atoms with van der Waals surface area (Å²) in [6.45, 7) is 4.56. The van der Waals surface area contributed by atoms with Gasteiger partial charge in [0.25, 0.3) is 5.91 Å². The first-order valence-electron chi connectivity index (χ1n) is 9.88. The molecule has 3 aromatic rings. The minimum Gasteiger partial charge on any atom is -0.383 e. The second-order valence-corrected chi connectivity index (χ2v) is 8.37. The minimum atomic E-state index is -0.0770. The van der Waals surface area contributed by atoms with Crippen LogP contribution in [0.5, 0.6) is 0 Å². The lowest BCUT2D eigenvalue weighted by molar-refractivity contribution is 0.0699. The minimum absolute atomic E-state index is 0.0770. The zero-order valence-corrected chi connectivity index (χ0v) is 18.3. The quantitative estimate of drug-likeness (QED) is 0.600. The van der Waals surface area contributed by atoms with Crippen LogP contribution >= 0.6 is 15.9 Å².